The van der Waals surface area contributed by atoms with Crippen LogP contribution in [0.4, 0.5) is 0 Å². The monoisotopic (exact) mass is 218 g/mol. The Morgan fingerprint density at radius 2 is 2.06 bits per heavy atom. The molecule has 0 amide bonds. The Hall–Kier alpha value is -1.61. The Morgan fingerprint density at radius 3 is 2.69 bits per heavy atom. The zero-order valence-electron chi connectivity index (χ0n) is 8.87. The first kappa shape index (κ1) is 10.9. The van der Waals surface area contributed by atoms with Crippen molar-refractivity contribution in [2.75, 3.05) is 6.61 Å². The van der Waals surface area contributed by atoms with Gasteiger partial charge in [-0.2, -0.15) is 0 Å². The number of carbonyl (C=O) groups excluding carboxylic acids is 1. The van der Waals surface area contributed by atoms with Gasteiger partial charge in [0.05, 0.1) is 18.3 Å². The molecule has 0 spiro atoms. The molecule has 0 heterocycles. The lowest BCUT2D eigenvalue weighted by Gasteiger charge is -2.09. The molecule has 3 heteroatoms. The van der Waals surface area contributed by atoms with E-state index in [1.807, 2.05) is 12.1 Å². The van der Waals surface area contributed by atoms with Crippen LogP contribution in [0.25, 0.3) is 0 Å². The predicted octanol–water partition coefficient (Wildman–Crippen LogP) is 1.78. The van der Waals surface area contributed by atoms with Gasteiger partial charge < -0.3 is 9.84 Å². The molecule has 0 aromatic heterocycles. The van der Waals surface area contributed by atoms with E-state index in [0.717, 1.165) is 0 Å². The molecule has 16 heavy (non-hydrogen) atoms. The third kappa shape index (κ3) is 2.70. The van der Waals surface area contributed by atoms with Gasteiger partial charge in [0.25, 0.3) is 0 Å². The summed E-state index contributed by atoms with van der Waals surface area (Å²) in [5, 5.41) is 9.25. The summed E-state index contributed by atoms with van der Waals surface area (Å²) in [6, 6.07) is 8.90. The highest BCUT2D eigenvalue weighted by Crippen LogP contribution is 2.18. The van der Waals surface area contributed by atoms with Crippen molar-refractivity contribution in [1.29, 1.82) is 0 Å². The summed E-state index contributed by atoms with van der Waals surface area (Å²) in [5.41, 5.74) is 0.560. The summed E-state index contributed by atoms with van der Waals surface area (Å²) in [4.78, 5) is 11.6. The molecule has 0 bridgehead atoms. The van der Waals surface area contributed by atoms with Gasteiger partial charge >= 0.3 is 5.97 Å². The second kappa shape index (κ2) is 4.94. The Bertz CT molecular complexity index is 383. The Kier molecular flexibility index (Phi) is 3.37. The van der Waals surface area contributed by atoms with Crippen molar-refractivity contribution in [3.8, 4) is 0 Å². The summed E-state index contributed by atoms with van der Waals surface area (Å²) in [6.07, 6.45) is 3.88. The molecule has 1 aromatic rings. The Labute approximate surface area is 94.4 Å². The van der Waals surface area contributed by atoms with E-state index in [2.05, 4.69) is 0 Å². The molecule has 84 valence electrons. The quantitative estimate of drug-likeness (QED) is 0.621. The fourth-order valence-electron chi connectivity index (χ4n) is 1.72. The standard InChI is InChI=1S/C13H14O3/c14-12-7-6-10(8-12)9-16-13(15)11-4-2-1-3-5-11/h1-7,10,12,14H,8-9H2/t10-,12+/m0/s1. The van der Waals surface area contributed by atoms with Crippen molar-refractivity contribution in [3.63, 3.8) is 0 Å². The molecular formula is C13H14O3. The predicted molar refractivity (Wildman–Crippen MR) is 60.0 cm³/mol. The minimum absolute atomic E-state index is 0.141. The average Bonchev–Trinajstić information content (AvgIpc) is 2.73. The van der Waals surface area contributed by atoms with Crippen molar-refractivity contribution in [2.24, 2.45) is 5.92 Å². The van der Waals surface area contributed by atoms with Gasteiger partial charge in [0.15, 0.2) is 0 Å². The van der Waals surface area contributed by atoms with Crippen LogP contribution in [0.1, 0.15) is 16.8 Å². The lowest BCUT2D eigenvalue weighted by molar-refractivity contribution is 0.0448. The molecule has 3 nitrogen and oxygen atoms in total. The van der Waals surface area contributed by atoms with Crippen LogP contribution in [0.15, 0.2) is 42.5 Å². The minimum Gasteiger partial charge on any atom is -0.461 e. The van der Waals surface area contributed by atoms with Crippen molar-refractivity contribution in [1.82, 2.24) is 0 Å². The number of hydrogen-bond donors (Lipinski definition) is 1. The summed E-state index contributed by atoms with van der Waals surface area (Å²) in [5.74, 6) is -0.168. The van der Waals surface area contributed by atoms with Gasteiger partial charge in [-0.25, -0.2) is 4.79 Å². The van der Waals surface area contributed by atoms with Gasteiger partial charge in [0.1, 0.15) is 0 Å². The van der Waals surface area contributed by atoms with Crippen LogP contribution < -0.4 is 0 Å². The molecule has 0 saturated heterocycles. The van der Waals surface area contributed by atoms with Gasteiger partial charge in [-0.15, -0.1) is 0 Å². The van der Waals surface area contributed by atoms with E-state index in [-0.39, 0.29) is 18.0 Å². The number of esters is 1. The van der Waals surface area contributed by atoms with E-state index >= 15 is 0 Å². The lowest BCUT2D eigenvalue weighted by atomic mass is 10.1. The van der Waals surface area contributed by atoms with Crippen LogP contribution in [-0.2, 0) is 4.74 Å². The number of carbonyl (C=O) groups is 1. The van der Waals surface area contributed by atoms with Gasteiger partial charge in [0.2, 0.25) is 0 Å². The van der Waals surface area contributed by atoms with Gasteiger partial charge in [0, 0.05) is 5.92 Å². The third-order valence-electron chi connectivity index (χ3n) is 2.59. The molecule has 0 unspecified atom stereocenters. The minimum atomic E-state index is -0.388. The summed E-state index contributed by atoms with van der Waals surface area (Å²) in [7, 11) is 0. The molecule has 2 rings (SSSR count). The van der Waals surface area contributed by atoms with Crippen molar-refractivity contribution in [2.45, 2.75) is 12.5 Å². The first-order chi connectivity index (χ1) is 7.75. The SMILES string of the molecule is O=C(OC[C@H]1C=C[C@@H](O)C1)c1ccccc1. The van der Waals surface area contributed by atoms with Crippen molar-refractivity contribution >= 4 is 5.97 Å². The number of aliphatic hydroxyl groups excluding tert-OH is 1. The summed E-state index contributed by atoms with van der Waals surface area (Å²) >= 11 is 0. The van der Waals surface area contributed by atoms with Crippen LogP contribution in [0.3, 0.4) is 0 Å². The average molecular weight is 218 g/mol. The molecule has 1 aromatic carbocycles. The maximum absolute atomic E-state index is 11.6. The van der Waals surface area contributed by atoms with Crippen LogP contribution >= 0.6 is 0 Å². The van der Waals surface area contributed by atoms with Gasteiger partial charge in [-0.1, -0.05) is 30.4 Å². The Balaban J connectivity index is 1.83. The number of hydrogen-bond acceptors (Lipinski definition) is 3. The van der Waals surface area contributed by atoms with Crippen LogP contribution in [0.5, 0.6) is 0 Å². The smallest absolute Gasteiger partial charge is 0.338 e. The second-order valence-electron chi connectivity index (χ2n) is 3.91. The second-order valence-corrected chi connectivity index (χ2v) is 3.91. The molecule has 1 aliphatic carbocycles. The van der Waals surface area contributed by atoms with E-state index in [1.165, 1.54) is 0 Å². The van der Waals surface area contributed by atoms with Crippen molar-refractivity contribution in [3.05, 3.63) is 48.0 Å². The number of aliphatic hydroxyl groups is 1. The first-order valence-electron chi connectivity index (χ1n) is 5.34. The molecule has 0 fully saturated rings. The largest absolute Gasteiger partial charge is 0.461 e. The third-order valence-corrected chi connectivity index (χ3v) is 2.59. The van der Waals surface area contributed by atoms with Crippen LogP contribution in [0.2, 0.25) is 0 Å². The van der Waals surface area contributed by atoms with Gasteiger partial charge in [-0.05, 0) is 18.6 Å². The Morgan fingerprint density at radius 1 is 1.31 bits per heavy atom. The van der Waals surface area contributed by atoms with E-state index in [1.54, 1.807) is 30.3 Å². The topological polar surface area (TPSA) is 46.5 Å². The summed E-state index contributed by atoms with van der Waals surface area (Å²) in [6.45, 7) is 0.335. The highest BCUT2D eigenvalue weighted by molar-refractivity contribution is 5.89. The molecule has 1 N–H and O–H groups in total. The fraction of sp³-hybridized carbons (Fsp3) is 0.308. The van der Waals surface area contributed by atoms with E-state index in [4.69, 9.17) is 4.74 Å². The van der Waals surface area contributed by atoms with Gasteiger partial charge in [-0.3, -0.25) is 0 Å². The van der Waals surface area contributed by atoms with E-state index in [0.29, 0.717) is 18.6 Å². The first-order valence-corrected chi connectivity index (χ1v) is 5.34. The number of ether oxygens (including phenoxy) is 1. The fourth-order valence-corrected chi connectivity index (χ4v) is 1.72. The molecule has 2 atom stereocenters. The normalized spacial score (nSPS) is 23.3. The molecule has 1 aliphatic rings. The highest BCUT2D eigenvalue weighted by atomic mass is 16.5. The zero-order chi connectivity index (χ0) is 11.4. The van der Waals surface area contributed by atoms with Crippen LogP contribution in [-0.4, -0.2) is 23.8 Å². The maximum Gasteiger partial charge on any atom is 0.338 e. The number of rotatable bonds is 3. The zero-order valence-corrected chi connectivity index (χ0v) is 8.87. The molecule has 0 radical (unpaired) electrons. The highest BCUT2D eigenvalue weighted by Gasteiger charge is 2.18. The molecular weight excluding hydrogens is 204 g/mol. The summed E-state index contributed by atoms with van der Waals surface area (Å²) < 4.78 is 5.16. The molecule has 0 saturated carbocycles. The van der Waals surface area contributed by atoms with Crippen molar-refractivity contribution < 1.29 is 14.6 Å². The van der Waals surface area contributed by atoms with E-state index < -0.39 is 0 Å². The maximum atomic E-state index is 11.6. The van der Waals surface area contributed by atoms with E-state index in [9.17, 15) is 9.90 Å². The lowest BCUT2D eigenvalue weighted by Crippen LogP contribution is -2.13. The number of benzene rings is 1. The van der Waals surface area contributed by atoms with Crippen LogP contribution in [0, 0.1) is 5.92 Å². The molecule has 0 aliphatic heterocycles.